The number of hydrogen-bond donors (Lipinski definition) is 1. The SMILES string of the molecule is CC1CCCC1S(C)(=N)=O. The first-order valence-corrected chi connectivity index (χ1v) is 5.77. The van der Waals surface area contributed by atoms with Crippen LogP contribution < -0.4 is 0 Å². The molecule has 1 fully saturated rings. The monoisotopic (exact) mass is 161 g/mol. The highest BCUT2D eigenvalue weighted by Gasteiger charge is 2.28. The highest BCUT2D eigenvalue weighted by Crippen LogP contribution is 2.30. The van der Waals surface area contributed by atoms with Crippen LogP contribution in [0.25, 0.3) is 0 Å². The fraction of sp³-hybridized carbons (Fsp3) is 1.00. The summed E-state index contributed by atoms with van der Waals surface area (Å²) < 4.78 is 18.7. The van der Waals surface area contributed by atoms with Crippen LogP contribution in [0.2, 0.25) is 0 Å². The molecule has 0 radical (unpaired) electrons. The lowest BCUT2D eigenvalue weighted by atomic mass is 10.1. The number of rotatable bonds is 1. The van der Waals surface area contributed by atoms with Gasteiger partial charge in [0.05, 0.1) is 0 Å². The van der Waals surface area contributed by atoms with Crippen molar-refractivity contribution in [1.29, 1.82) is 4.78 Å². The molecule has 3 heteroatoms. The molecule has 1 saturated carbocycles. The van der Waals surface area contributed by atoms with E-state index in [4.69, 9.17) is 4.78 Å². The third-order valence-electron chi connectivity index (χ3n) is 2.36. The minimum absolute atomic E-state index is 0.174. The second-order valence-corrected chi connectivity index (χ2v) is 5.76. The first kappa shape index (κ1) is 8.05. The van der Waals surface area contributed by atoms with E-state index >= 15 is 0 Å². The standard InChI is InChI=1S/C7H15NOS/c1-6-4-3-5-7(6)10(2,8)9/h6-8H,3-5H2,1-2H3. The fourth-order valence-corrected chi connectivity index (χ4v) is 3.42. The number of hydrogen-bond acceptors (Lipinski definition) is 2. The van der Waals surface area contributed by atoms with Crippen LogP contribution in [0.15, 0.2) is 0 Å². The normalized spacial score (nSPS) is 39.4. The minimum atomic E-state index is -2.25. The zero-order valence-corrected chi connectivity index (χ0v) is 7.41. The van der Waals surface area contributed by atoms with Gasteiger partial charge in [-0.3, -0.25) is 4.78 Å². The molecule has 0 aliphatic heterocycles. The van der Waals surface area contributed by atoms with Gasteiger partial charge in [-0.05, 0) is 18.8 Å². The highest BCUT2D eigenvalue weighted by atomic mass is 32.2. The van der Waals surface area contributed by atoms with Crippen molar-refractivity contribution in [2.45, 2.75) is 31.4 Å². The summed E-state index contributed by atoms with van der Waals surface area (Å²) in [4.78, 5) is 0. The Balaban J connectivity index is 2.74. The summed E-state index contributed by atoms with van der Waals surface area (Å²) in [7, 11) is -2.25. The Morgan fingerprint density at radius 3 is 2.30 bits per heavy atom. The molecule has 0 aromatic rings. The third kappa shape index (κ3) is 1.51. The summed E-state index contributed by atoms with van der Waals surface area (Å²) in [5, 5.41) is 0.174. The molecule has 3 atom stereocenters. The Hall–Kier alpha value is -0.0500. The zero-order chi connectivity index (χ0) is 7.78. The summed E-state index contributed by atoms with van der Waals surface area (Å²) in [6.45, 7) is 2.11. The van der Waals surface area contributed by atoms with E-state index < -0.39 is 9.73 Å². The molecule has 60 valence electrons. The Labute approximate surface area is 63.0 Å². The van der Waals surface area contributed by atoms with Gasteiger partial charge in [-0.2, -0.15) is 0 Å². The largest absolute Gasteiger partial charge is 0.253 e. The van der Waals surface area contributed by atoms with Crippen LogP contribution in [-0.4, -0.2) is 15.7 Å². The molecule has 0 heterocycles. The molecule has 1 aliphatic rings. The molecule has 0 saturated heterocycles. The van der Waals surface area contributed by atoms with Gasteiger partial charge in [0, 0.05) is 21.2 Å². The van der Waals surface area contributed by atoms with Crippen LogP contribution >= 0.6 is 0 Å². The second-order valence-electron chi connectivity index (χ2n) is 3.35. The Morgan fingerprint density at radius 1 is 1.50 bits per heavy atom. The van der Waals surface area contributed by atoms with E-state index in [-0.39, 0.29) is 5.25 Å². The molecular weight excluding hydrogens is 146 g/mol. The van der Waals surface area contributed by atoms with E-state index in [2.05, 4.69) is 6.92 Å². The van der Waals surface area contributed by atoms with Crippen molar-refractivity contribution in [2.75, 3.05) is 6.26 Å². The van der Waals surface area contributed by atoms with Gasteiger partial charge in [0.25, 0.3) is 0 Å². The van der Waals surface area contributed by atoms with Crippen molar-refractivity contribution in [3.8, 4) is 0 Å². The zero-order valence-electron chi connectivity index (χ0n) is 6.59. The van der Waals surface area contributed by atoms with Gasteiger partial charge >= 0.3 is 0 Å². The van der Waals surface area contributed by atoms with Crippen LogP contribution in [0, 0.1) is 10.7 Å². The summed E-state index contributed by atoms with van der Waals surface area (Å²) >= 11 is 0. The van der Waals surface area contributed by atoms with Gasteiger partial charge in [-0.25, -0.2) is 4.21 Å². The maximum Gasteiger partial charge on any atom is 0.0451 e. The Morgan fingerprint density at radius 2 is 2.10 bits per heavy atom. The van der Waals surface area contributed by atoms with E-state index in [1.807, 2.05) is 0 Å². The molecule has 1 N–H and O–H groups in total. The summed E-state index contributed by atoms with van der Waals surface area (Å²) in [6, 6.07) is 0. The van der Waals surface area contributed by atoms with Crippen LogP contribution in [0.1, 0.15) is 26.2 Å². The fourth-order valence-electron chi connectivity index (χ4n) is 1.78. The lowest BCUT2D eigenvalue weighted by Gasteiger charge is -2.14. The first-order chi connectivity index (χ1) is 4.52. The molecule has 0 spiro atoms. The molecular formula is C7H15NOS. The van der Waals surface area contributed by atoms with Gasteiger partial charge in [0.1, 0.15) is 0 Å². The van der Waals surface area contributed by atoms with E-state index in [0.717, 1.165) is 19.3 Å². The molecule has 0 bridgehead atoms. The first-order valence-electron chi connectivity index (χ1n) is 3.74. The smallest absolute Gasteiger partial charge is 0.0451 e. The molecule has 3 unspecified atom stereocenters. The molecule has 2 nitrogen and oxygen atoms in total. The van der Waals surface area contributed by atoms with Crippen molar-refractivity contribution in [3.05, 3.63) is 0 Å². The molecule has 0 amide bonds. The van der Waals surface area contributed by atoms with Gasteiger partial charge in [0.2, 0.25) is 0 Å². The van der Waals surface area contributed by atoms with E-state index in [0.29, 0.717) is 5.92 Å². The maximum atomic E-state index is 11.3. The van der Waals surface area contributed by atoms with Crippen LogP contribution in [0.4, 0.5) is 0 Å². The second kappa shape index (κ2) is 2.53. The van der Waals surface area contributed by atoms with Crippen molar-refractivity contribution in [2.24, 2.45) is 5.92 Å². The lowest BCUT2D eigenvalue weighted by Crippen LogP contribution is -2.20. The van der Waals surface area contributed by atoms with Gasteiger partial charge in [0.15, 0.2) is 0 Å². The predicted molar refractivity (Wildman–Crippen MR) is 43.6 cm³/mol. The van der Waals surface area contributed by atoms with Crippen LogP contribution in [-0.2, 0) is 9.73 Å². The van der Waals surface area contributed by atoms with E-state index in [1.165, 1.54) is 0 Å². The van der Waals surface area contributed by atoms with Gasteiger partial charge < -0.3 is 0 Å². The van der Waals surface area contributed by atoms with E-state index in [9.17, 15) is 4.21 Å². The Bertz CT molecular complexity index is 208. The topological polar surface area (TPSA) is 40.9 Å². The average Bonchev–Trinajstić information content (AvgIpc) is 2.11. The third-order valence-corrected chi connectivity index (χ3v) is 4.22. The van der Waals surface area contributed by atoms with E-state index in [1.54, 1.807) is 6.26 Å². The van der Waals surface area contributed by atoms with Gasteiger partial charge in [-0.15, -0.1) is 0 Å². The van der Waals surface area contributed by atoms with Crippen LogP contribution in [0.5, 0.6) is 0 Å². The quantitative estimate of drug-likeness (QED) is 0.626. The van der Waals surface area contributed by atoms with Crippen molar-refractivity contribution in [1.82, 2.24) is 0 Å². The lowest BCUT2D eigenvalue weighted by molar-refractivity contribution is 0.594. The number of nitrogens with one attached hydrogen (secondary N) is 1. The Kier molecular flexibility index (Phi) is 2.04. The minimum Gasteiger partial charge on any atom is -0.253 e. The van der Waals surface area contributed by atoms with Gasteiger partial charge in [-0.1, -0.05) is 13.3 Å². The summed E-state index contributed by atoms with van der Waals surface area (Å²) in [6.07, 6.45) is 4.89. The highest BCUT2D eigenvalue weighted by molar-refractivity contribution is 7.92. The molecule has 1 rings (SSSR count). The average molecular weight is 161 g/mol. The molecule has 10 heavy (non-hydrogen) atoms. The predicted octanol–water partition coefficient (Wildman–Crippen LogP) is 1.85. The van der Waals surface area contributed by atoms with Crippen molar-refractivity contribution < 1.29 is 4.21 Å². The summed E-state index contributed by atoms with van der Waals surface area (Å²) in [5.74, 6) is 0.509. The molecule has 0 aromatic heterocycles. The summed E-state index contributed by atoms with van der Waals surface area (Å²) in [5.41, 5.74) is 0. The molecule has 0 aromatic carbocycles. The van der Waals surface area contributed by atoms with Crippen LogP contribution in [0.3, 0.4) is 0 Å². The van der Waals surface area contributed by atoms with Crippen molar-refractivity contribution >= 4 is 9.73 Å². The maximum absolute atomic E-state index is 11.3. The van der Waals surface area contributed by atoms with Crippen molar-refractivity contribution in [3.63, 3.8) is 0 Å². The molecule has 1 aliphatic carbocycles.